The van der Waals surface area contributed by atoms with Gasteiger partial charge >= 0.3 is 0 Å². The van der Waals surface area contributed by atoms with Gasteiger partial charge in [0.25, 0.3) is 0 Å². The van der Waals surface area contributed by atoms with Gasteiger partial charge < -0.3 is 16.0 Å². The summed E-state index contributed by atoms with van der Waals surface area (Å²) in [6, 6.07) is 21.8. The van der Waals surface area contributed by atoms with Crippen LogP contribution in [-0.2, 0) is 12.8 Å². The first kappa shape index (κ1) is 21.7. The highest BCUT2D eigenvalue weighted by Gasteiger charge is 2.04. The van der Waals surface area contributed by atoms with Crippen LogP contribution in [-0.4, -0.2) is 39.3 Å². The molecular weight excluding hydrogens is 330 g/mol. The molecule has 0 spiro atoms. The number of likely N-dealkylation sites (N-methyl/N-ethyl adjacent to an activating group) is 1. The highest BCUT2D eigenvalue weighted by Crippen LogP contribution is 1.99. The van der Waals surface area contributed by atoms with E-state index in [4.69, 9.17) is 0 Å². The lowest BCUT2D eigenvalue weighted by atomic mass is 10.1. The first-order chi connectivity index (χ1) is 11.9. The van der Waals surface area contributed by atoms with Gasteiger partial charge in [-0.3, -0.25) is 0 Å². The van der Waals surface area contributed by atoms with Gasteiger partial charge in [0.2, 0.25) is 0 Å². The smallest absolute Gasteiger partial charge is 0.0201 e. The van der Waals surface area contributed by atoms with Crippen molar-refractivity contribution in [2.24, 2.45) is 0 Å². The molecule has 0 saturated heterocycles. The molecule has 138 valence electrons. The van der Waals surface area contributed by atoms with E-state index in [-0.39, 0.29) is 12.4 Å². The number of halogens is 1. The molecule has 3 N–H and O–H groups in total. The van der Waals surface area contributed by atoms with E-state index in [1.807, 2.05) is 7.05 Å². The molecule has 0 amide bonds. The molecule has 0 radical (unpaired) electrons. The Morgan fingerprint density at radius 2 is 1.24 bits per heavy atom. The average molecular weight is 362 g/mol. The normalized spacial score (nSPS) is 11.7. The molecule has 0 aliphatic rings. The van der Waals surface area contributed by atoms with Crippen molar-refractivity contribution in [2.45, 2.75) is 25.3 Å². The van der Waals surface area contributed by atoms with Gasteiger partial charge in [0, 0.05) is 12.6 Å². The monoisotopic (exact) mass is 361 g/mol. The number of nitrogens with one attached hydrogen (secondary N) is 3. The summed E-state index contributed by atoms with van der Waals surface area (Å²) < 4.78 is 0. The molecule has 0 bridgehead atoms. The summed E-state index contributed by atoms with van der Waals surface area (Å²) in [6.45, 7) is 4.15. The highest BCUT2D eigenvalue weighted by molar-refractivity contribution is 5.85. The number of rotatable bonds is 12. The molecule has 1 unspecified atom stereocenters. The molecule has 0 aromatic heterocycles. The second-order valence-electron chi connectivity index (χ2n) is 6.20. The number of hydrogen-bond acceptors (Lipinski definition) is 3. The standard InChI is InChI=1S/C21H31N3.ClH/c1-22-21(18-24-16-13-20-10-6-3-7-11-20)14-17-23-15-12-19-8-4-2-5-9-19;/h2-11,21-24H,12-18H2,1H3;1H. The van der Waals surface area contributed by atoms with Gasteiger partial charge in [0.15, 0.2) is 0 Å². The first-order valence-electron chi connectivity index (χ1n) is 9.05. The molecule has 2 rings (SSSR count). The Kier molecular flexibility index (Phi) is 12.0. The van der Waals surface area contributed by atoms with Gasteiger partial charge in [0.1, 0.15) is 0 Å². The molecule has 2 aromatic carbocycles. The van der Waals surface area contributed by atoms with Crippen molar-refractivity contribution in [3.05, 3.63) is 71.8 Å². The van der Waals surface area contributed by atoms with E-state index in [9.17, 15) is 0 Å². The van der Waals surface area contributed by atoms with Crippen molar-refractivity contribution in [3.63, 3.8) is 0 Å². The predicted molar refractivity (Wildman–Crippen MR) is 111 cm³/mol. The zero-order chi connectivity index (χ0) is 16.9. The third-order valence-corrected chi connectivity index (χ3v) is 4.34. The molecule has 0 aliphatic heterocycles. The second kappa shape index (κ2) is 13.9. The van der Waals surface area contributed by atoms with Crippen LogP contribution in [0.25, 0.3) is 0 Å². The van der Waals surface area contributed by atoms with Crippen molar-refractivity contribution in [2.75, 3.05) is 33.2 Å². The third kappa shape index (κ3) is 9.61. The molecule has 0 aliphatic carbocycles. The number of hydrogen-bond donors (Lipinski definition) is 3. The number of benzene rings is 2. The van der Waals surface area contributed by atoms with E-state index >= 15 is 0 Å². The fourth-order valence-corrected chi connectivity index (χ4v) is 2.78. The molecular formula is C21H32ClN3. The lowest BCUT2D eigenvalue weighted by Crippen LogP contribution is -2.39. The molecule has 1 atom stereocenters. The SMILES string of the molecule is CNC(CCNCCc1ccccc1)CNCCc1ccccc1.Cl. The van der Waals surface area contributed by atoms with Crippen LogP contribution in [0.4, 0.5) is 0 Å². The zero-order valence-corrected chi connectivity index (χ0v) is 16.0. The van der Waals surface area contributed by atoms with Gasteiger partial charge in [-0.25, -0.2) is 0 Å². The molecule has 3 nitrogen and oxygen atoms in total. The molecule has 4 heteroatoms. The zero-order valence-electron chi connectivity index (χ0n) is 15.2. The summed E-state index contributed by atoms with van der Waals surface area (Å²) in [5.74, 6) is 0. The van der Waals surface area contributed by atoms with Crippen LogP contribution in [0, 0.1) is 0 Å². The predicted octanol–water partition coefficient (Wildman–Crippen LogP) is 3.05. The Hall–Kier alpha value is -1.39. The van der Waals surface area contributed by atoms with E-state index in [2.05, 4.69) is 76.6 Å². The first-order valence-corrected chi connectivity index (χ1v) is 9.05. The Bertz CT molecular complexity index is 533. The van der Waals surface area contributed by atoms with Gasteiger partial charge in [-0.2, -0.15) is 0 Å². The maximum absolute atomic E-state index is 3.56. The average Bonchev–Trinajstić information content (AvgIpc) is 2.65. The fourth-order valence-electron chi connectivity index (χ4n) is 2.78. The van der Waals surface area contributed by atoms with Crippen molar-refractivity contribution in [1.82, 2.24) is 16.0 Å². The van der Waals surface area contributed by atoms with Gasteiger partial charge in [0.05, 0.1) is 0 Å². The van der Waals surface area contributed by atoms with Gasteiger partial charge in [-0.05, 0) is 57.1 Å². The molecule has 0 fully saturated rings. The Morgan fingerprint density at radius 3 is 1.76 bits per heavy atom. The Labute approximate surface area is 159 Å². The van der Waals surface area contributed by atoms with Crippen LogP contribution < -0.4 is 16.0 Å². The minimum absolute atomic E-state index is 0. The summed E-state index contributed by atoms with van der Waals surface area (Å²) in [6.07, 6.45) is 3.33. The van der Waals surface area contributed by atoms with E-state index in [0.29, 0.717) is 6.04 Å². The van der Waals surface area contributed by atoms with Gasteiger partial charge in [-0.1, -0.05) is 60.7 Å². The molecule has 2 aromatic rings. The summed E-state index contributed by atoms with van der Waals surface area (Å²) >= 11 is 0. The topological polar surface area (TPSA) is 36.1 Å². The Balaban J connectivity index is 0.00000312. The lowest BCUT2D eigenvalue weighted by molar-refractivity contribution is 0.466. The van der Waals surface area contributed by atoms with E-state index in [0.717, 1.165) is 45.4 Å². The molecule has 25 heavy (non-hydrogen) atoms. The maximum Gasteiger partial charge on any atom is 0.0201 e. The van der Waals surface area contributed by atoms with Crippen LogP contribution in [0.3, 0.4) is 0 Å². The Morgan fingerprint density at radius 1 is 0.720 bits per heavy atom. The van der Waals surface area contributed by atoms with Gasteiger partial charge in [-0.15, -0.1) is 12.4 Å². The summed E-state index contributed by atoms with van der Waals surface area (Å²) in [4.78, 5) is 0. The van der Waals surface area contributed by atoms with E-state index in [1.54, 1.807) is 0 Å². The highest BCUT2D eigenvalue weighted by atomic mass is 35.5. The van der Waals surface area contributed by atoms with Crippen molar-refractivity contribution in [1.29, 1.82) is 0 Å². The molecule has 0 heterocycles. The summed E-state index contributed by atoms with van der Waals surface area (Å²) in [7, 11) is 2.05. The lowest BCUT2D eigenvalue weighted by Gasteiger charge is -2.17. The third-order valence-electron chi connectivity index (χ3n) is 4.34. The minimum Gasteiger partial charge on any atom is -0.316 e. The van der Waals surface area contributed by atoms with Crippen molar-refractivity contribution in [3.8, 4) is 0 Å². The van der Waals surface area contributed by atoms with Crippen LogP contribution >= 0.6 is 12.4 Å². The van der Waals surface area contributed by atoms with Crippen LogP contribution in [0.15, 0.2) is 60.7 Å². The van der Waals surface area contributed by atoms with Crippen molar-refractivity contribution < 1.29 is 0 Å². The van der Waals surface area contributed by atoms with Crippen molar-refractivity contribution >= 4 is 12.4 Å². The van der Waals surface area contributed by atoms with Crippen LogP contribution in [0.1, 0.15) is 17.5 Å². The van der Waals surface area contributed by atoms with E-state index in [1.165, 1.54) is 11.1 Å². The van der Waals surface area contributed by atoms with Crippen LogP contribution in [0.2, 0.25) is 0 Å². The fraction of sp³-hybridized carbons (Fsp3) is 0.429. The minimum atomic E-state index is 0. The second-order valence-corrected chi connectivity index (χ2v) is 6.20. The largest absolute Gasteiger partial charge is 0.316 e. The quantitative estimate of drug-likeness (QED) is 0.508. The summed E-state index contributed by atoms with van der Waals surface area (Å²) in [5.41, 5.74) is 2.80. The van der Waals surface area contributed by atoms with E-state index < -0.39 is 0 Å². The van der Waals surface area contributed by atoms with Crippen LogP contribution in [0.5, 0.6) is 0 Å². The summed E-state index contributed by atoms with van der Waals surface area (Å²) in [5, 5.41) is 10.5. The maximum atomic E-state index is 3.56. The molecule has 0 saturated carbocycles.